The molecule has 2 atom stereocenters. The molecule has 2 unspecified atom stereocenters. The van der Waals surface area contributed by atoms with E-state index in [0.29, 0.717) is 12.1 Å². The molecule has 0 aliphatic carbocycles. The molecule has 0 amide bonds. The topological polar surface area (TPSA) is 46.2 Å². The van der Waals surface area contributed by atoms with E-state index in [2.05, 4.69) is 0 Å². The highest BCUT2D eigenvalue weighted by Gasteiger charge is 2.30. The third-order valence-electron chi connectivity index (χ3n) is 3.11. The standard InChI is InChI=1S/C13H18F3NO/c1-8(2)11(7-17)12(18)9-3-5-10(6-4-9)13(14,15)16/h3-6,8,11-12,18H,7,17H2,1-2H3. The van der Waals surface area contributed by atoms with Crippen molar-refractivity contribution in [2.45, 2.75) is 26.1 Å². The minimum absolute atomic E-state index is 0.160. The Hall–Kier alpha value is -1.07. The number of halogens is 3. The number of alkyl halides is 3. The molecule has 0 aromatic heterocycles. The van der Waals surface area contributed by atoms with E-state index in [0.717, 1.165) is 12.1 Å². The molecule has 102 valence electrons. The van der Waals surface area contributed by atoms with Crippen LogP contribution in [0.15, 0.2) is 24.3 Å². The van der Waals surface area contributed by atoms with Gasteiger partial charge < -0.3 is 10.8 Å². The zero-order chi connectivity index (χ0) is 13.9. The van der Waals surface area contributed by atoms with Crippen LogP contribution in [0.4, 0.5) is 13.2 Å². The van der Waals surface area contributed by atoms with Gasteiger partial charge in [0, 0.05) is 5.92 Å². The molecule has 1 aromatic rings. The Bertz CT molecular complexity index is 373. The fraction of sp³-hybridized carbons (Fsp3) is 0.538. The summed E-state index contributed by atoms with van der Waals surface area (Å²) in [6.07, 6.45) is -5.19. The average Bonchev–Trinajstić information content (AvgIpc) is 2.28. The lowest BCUT2D eigenvalue weighted by Crippen LogP contribution is -2.26. The zero-order valence-electron chi connectivity index (χ0n) is 10.4. The first-order valence-corrected chi connectivity index (χ1v) is 5.82. The number of nitrogens with two attached hydrogens (primary N) is 1. The van der Waals surface area contributed by atoms with Gasteiger partial charge in [-0.3, -0.25) is 0 Å². The number of aliphatic hydroxyl groups excluding tert-OH is 1. The van der Waals surface area contributed by atoms with Crippen LogP contribution in [0, 0.1) is 11.8 Å². The molecule has 1 rings (SSSR count). The third-order valence-corrected chi connectivity index (χ3v) is 3.11. The second kappa shape index (κ2) is 5.71. The maximum Gasteiger partial charge on any atom is 0.416 e. The monoisotopic (exact) mass is 261 g/mol. The normalized spacial score (nSPS) is 15.8. The van der Waals surface area contributed by atoms with Crippen LogP contribution in [0.1, 0.15) is 31.1 Å². The minimum Gasteiger partial charge on any atom is -0.388 e. The Kier molecular flexibility index (Phi) is 4.76. The van der Waals surface area contributed by atoms with Crippen LogP contribution in [0.5, 0.6) is 0 Å². The Labute approximate surface area is 105 Å². The second-order valence-electron chi connectivity index (χ2n) is 4.71. The second-order valence-corrected chi connectivity index (χ2v) is 4.71. The van der Waals surface area contributed by atoms with Crippen molar-refractivity contribution in [3.63, 3.8) is 0 Å². The summed E-state index contributed by atoms with van der Waals surface area (Å²) < 4.78 is 37.2. The van der Waals surface area contributed by atoms with E-state index < -0.39 is 17.8 Å². The molecule has 1 aromatic carbocycles. The van der Waals surface area contributed by atoms with E-state index in [9.17, 15) is 18.3 Å². The molecule has 0 radical (unpaired) electrons. The number of benzene rings is 1. The first-order chi connectivity index (χ1) is 8.27. The Balaban J connectivity index is 2.91. The van der Waals surface area contributed by atoms with Gasteiger partial charge in [-0.2, -0.15) is 13.2 Å². The lowest BCUT2D eigenvalue weighted by Gasteiger charge is -2.25. The predicted molar refractivity (Wildman–Crippen MR) is 63.8 cm³/mol. The fourth-order valence-corrected chi connectivity index (χ4v) is 1.88. The van der Waals surface area contributed by atoms with Crippen molar-refractivity contribution in [2.24, 2.45) is 17.6 Å². The first kappa shape index (κ1) is 15.0. The van der Waals surface area contributed by atoms with Crippen LogP contribution >= 0.6 is 0 Å². The van der Waals surface area contributed by atoms with Gasteiger partial charge >= 0.3 is 6.18 Å². The Morgan fingerprint density at radius 3 is 2.00 bits per heavy atom. The van der Waals surface area contributed by atoms with Crippen molar-refractivity contribution >= 4 is 0 Å². The van der Waals surface area contributed by atoms with Gasteiger partial charge in [0.05, 0.1) is 11.7 Å². The molecule has 0 bridgehead atoms. The molecule has 0 fully saturated rings. The molecule has 0 aliphatic rings. The van der Waals surface area contributed by atoms with Gasteiger partial charge in [-0.05, 0) is 30.2 Å². The van der Waals surface area contributed by atoms with Crippen LogP contribution in [0.3, 0.4) is 0 Å². The highest BCUT2D eigenvalue weighted by atomic mass is 19.4. The Morgan fingerprint density at radius 2 is 1.67 bits per heavy atom. The smallest absolute Gasteiger partial charge is 0.388 e. The van der Waals surface area contributed by atoms with Gasteiger partial charge in [0.15, 0.2) is 0 Å². The quantitative estimate of drug-likeness (QED) is 0.875. The maximum atomic E-state index is 12.4. The molecule has 0 aliphatic heterocycles. The summed E-state index contributed by atoms with van der Waals surface area (Å²) in [5.41, 5.74) is 5.32. The van der Waals surface area contributed by atoms with Crippen molar-refractivity contribution in [2.75, 3.05) is 6.54 Å². The van der Waals surface area contributed by atoms with Crippen LogP contribution in [-0.2, 0) is 6.18 Å². The predicted octanol–water partition coefficient (Wildman–Crippen LogP) is 2.97. The van der Waals surface area contributed by atoms with E-state index in [1.54, 1.807) is 0 Å². The van der Waals surface area contributed by atoms with Gasteiger partial charge in [0.2, 0.25) is 0 Å². The van der Waals surface area contributed by atoms with Crippen LogP contribution < -0.4 is 5.73 Å². The van der Waals surface area contributed by atoms with Crippen molar-refractivity contribution in [1.29, 1.82) is 0 Å². The summed E-state index contributed by atoms with van der Waals surface area (Å²) in [7, 11) is 0. The molecule has 0 saturated heterocycles. The number of hydrogen-bond acceptors (Lipinski definition) is 2. The summed E-state index contributed by atoms with van der Waals surface area (Å²) in [4.78, 5) is 0. The molecule has 18 heavy (non-hydrogen) atoms. The number of hydrogen-bond donors (Lipinski definition) is 2. The van der Waals surface area contributed by atoms with Crippen LogP contribution in [0.25, 0.3) is 0 Å². The van der Waals surface area contributed by atoms with E-state index in [-0.39, 0.29) is 11.8 Å². The first-order valence-electron chi connectivity index (χ1n) is 5.82. The lowest BCUT2D eigenvalue weighted by molar-refractivity contribution is -0.137. The van der Waals surface area contributed by atoms with Gasteiger partial charge in [0.25, 0.3) is 0 Å². The van der Waals surface area contributed by atoms with Gasteiger partial charge in [-0.1, -0.05) is 26.0 Å². The average molecular weight is 261 g/mol. The van der Waals surface area contributed by atoms with E-state index in [4.69, 9.17) is 5.73 Å². The molecule has 2 nitrogen and oxygen atoms in total. The summed E-state index contributed by atoms with van der Waals surface area (Å²) in [6, 6.07) is 4.57. The molecular weight excluding hydrogens is 243 g/mol. The number of rotatable bonds is 4. The molecule has 0 spiro atoms. The minimum atomic E-state index is -4.35. The maximum absolute atomic E-state index is 12.4. The summed E-state index contributed by atoms with van der Waals surface area (Å²) >= 11 is 0. The van der Waals surface area contributed by atoms with Gasteiger partial charge in [-0.15, -0.1) is 0 Å². The fourth-order valence-electron chi connectivity index (χ4n) is 1.88. The third kappa shape index (κ3) is 3.46. The molecule has 0 saturated carbocycles. The SMILES string of the molecule is CC(C)C(CN)C(O)c1ccc(C(F)(F)F)cc1. The zero-order valence-corrected chi connectivity index (χ0v) is 10.4. The number of aliphatic hydroxyl groups is 1. The van der Waals surface area contributed by atoms with Crippen molar-refractivity contribution in [1.82, 2.24) is 0 Å². The molecule has 5 heteroatoms. The van der Waals surface area contributed by atoms with Crippen molar-refractivity contribution < 1.29 is 18.3 Å². The van der Waals surface area contributed by atoms with Gasteiger partial charge in [-0.25, -0.2) is 0 Å². The van der Waals surface area contributed by atoms with E-state index in [1.807, 2.05) is 13.8 Å². The molecular formula is C13H18F3NO. The van der Waals surface area contributed by atoms with Crippen LogP contribution in [-0.4, -0.2) is 11.7 Å². The van der Waals surface area contributed by atoms with Crippen molar-refractivity contribution in [3.05, 3.63) is 35.4 Å². The van der Waals surface area contributed by atoms with E-state index in [1.165, 1.54) is 12.1 Å². The highest BCUT2D eigenvalue weighted by molar-refractivity contribution is 5.26. The van der Waals surface area contributed by atoms with Crippen LogP contribution in [0.2, 0.25) is 0 Å². The summed E-state index contributed by atoms with van der Waals surface area (Å²) in [5, 5.41) is 10.1. The highest BCUT2D eigenvalue weighted by Crippen LogP contribution is 2.32. The molecule has 3 N–H and O–H groups in total. The Morgan fingerprint density at radius 1 is 1.17 bits per heavy atom. The largest absolute Gasteiger partial charge is 0.416 e. The molecule has 0 heterocycles. The summed E-state index contributed by atoms with van der Waals surface area (Å²) in [6.45, 7) is 4.13. The van der Waals surface area contributed by atoms with E-state index >= 15 is 0 Å². The van der Waals surface area contributed by atoms with Gasteiger partial charge in [0.1, 0.15) is 0 Å². The van der Waals surface area contributed by atoms with Crippen molar-refractivity contribution in [3.8, 4) is 0 Å². The summed E-state index contributed by atoms with van der Waals surface area (Å²) in [5.74, 6) is -0.00553. The lowest BCUT2D eigenvalue weighted by atomic mass is 9.86.